The Morgan fingerprint density at radius 3 is 2.79 bits per heavy atom. The molecule has 3 aromatic rings. The average molecular weight is 262 g/mol. The Morgan fingerprint density at radius 2 is 2.00 bits per heavy atom. The number of rotatable bonds is 1. The predicted molar refractivity (Wildman–Crippen MR) is 63.7 cm³/mol. The van der Waals surface area contributed by atoms with E-state index in [0.717, 1.165) is 12.1 Å². The van der Waals surface area contributed by atoms with Crippen molar-refractivity contribution in [2.75, 3.05) is 0 Å². The van der Waals surface area contributed by atoms with Gasteiger partial charge in [-0.3, -0.25) is 4.79 Å². The summed E-state index contributed by atoms with van der Waals surface area (Å²) in [7, 11) is 0. The van der Waals surface area contributed by atoms with Crippen LogP contribution in [0.5, 0.6) is 0 Å². The summed E-state index contributed by atoms with van der Waals surface area (Å²) in [5, 5.41) is 4.11. The number of aromatic nitrogens is 4. The standard InChI is InChI=1S/C12H8F2N4O/c1-6-2-8(13)9(14)3-7(6)11-16-12(19)10-4-15-5-18(10)17-11/h2-5H,1H3,(H,16,17,19). The van der Waals surface area contributed by atoms with Crippen molar-refractivity contribution in [2.24, 2.45) is 0 Å². The molecule has 0 aliphatic carbocycles. The van der Waals surface area contributed by atoms with Gasteiger partial charge in [-0.1, -0.05) is 0 Å². The fourth-order valence-electron chi connectivity index (χ4n) is 1.86. The fraction of sp³-hybridized carbons (Fsp3) is 0.0833. The molecule has 0 radical (unpaired) electrons. The van der Waals surface area contributed by atoms with E-state index < -0.39 is 17.2 Å². The minimum absolute atomic E-state index is 0.159. The van der Waals surface area contributed by atoms with Gasteiger partial charge in [-0.15, -0.1) is 5.10 Å². The molecule has 2 heterocycles. The van der Waals surface area contributed by atoms with Gasteiger partial charge in [0.05, 0.1) is 6.20 Å². The molecule has 0 aliphatic heterocycles. The number of nitrogens with one attached hydrogen (secondary N) is 1. The minimum Gasteiger partial charge on any atom is -0.303 e. The number of nitrogens with zero attached hydrogens (tertiary/aromatic N) is 3. The van der Waals surface area contributed by atoms with Crippen LogP contribution in [0, 0.1) is 18.6 Å². The number of aryl methyl sites for hydroxylation is 1. The summed E-state index contributed by atoms with van der Waals surface area (Å²) in [6.45, 7) is 1.61. The van der Waals surface area contributed by atoms with E-state index in [4.69, 9.17) is 0 Å². The first-order valence-corrected chi connectivity index (χ1v) is 5.45. The van der Waals surface area contributed by atoms with E-state index in [9.17, 15) is 13.6 Å². The predicted octanol–water partition coefficient (Wildman–Crippen LogP) is 1.67. The maximum Gasteiger partial charge on any atom is 0.277 e. The van der Waals surface area contributed by atoms with Crippen molar-refractivity contribution < 1.29 is 8.78 Å². The van der Waals surface area contributed by atoms with Crippen molar-refractivity contribution in [3.63, 3.8) is 0 Å². The SMILES string of the molecule is Cc1cc(F)c(F)cc1-c1nn2cncc2c(=O)[nH]1. The van der Waals surface area contributed by atoms with Crippen LogP contribution in [0.1, 0.15) is 5.56 Å². The molecule has 0 amide bonds. The second-order valence-corrected chi connectivity index (χ2v) is 4.11. The molecule has 0 aliphatic rings. The second kappa shape index (κ2) is 3.98. The summed E-state index contributed by atoms with van der Waals surface area (Å²) in [4.78, 5) is 18.1. The highest BCUT2D eigenvalue weighted by Gasteiger charge is 2.12. The summed E-state index contributed by atoms with van der Waals surface area (Å²) in [6.07, 6.45) is 2.73. The van der Waals surface area contributed by atoms with Gasteiger partial charge in [-0.25, -0.2) is 18.3 Å². The van der Waals surface area contributed by atoms with E-state index in [1.807, 2.05) is 0 Å². The third kappa shape index (κ3) is 1.79. The second-order valence-electron chi connectivity index (χ2n) is 4.11. The van der Waals surface area contributed by atoms with Gasteiger partial charge in [0, 0.05) is 5.56 Å². The van der Waals surface area contributed by atoms with Gasteiger partial charge >= 0.3 is 0 Å². The third-order valence-electron chi connectivity index (χ3n) is 2.81. The van der Waals surface area contributed by atoms with E-state index in [2.05, 4.69) is 15.1 Å². The van der Waals surface area contributed by atoms with Crippen molar-refractivity contribution in [2.45, 2.75) is 6.92 Å². The van der Waals surface area contributed by atoms with Crippen molar-refractivity contribution in [3.05, 3.63) is 52.2 Å². The number of fused-ring (bicyclic) bond motifs is 1. The van der Waals surface area contributed by atoms with Crippen LogP contribution in [0.3, 0.4) is 0 Å². The molecule has 0 fully saturated rings. The molecule has 96 valence electrons. The number of imidazole rings is 1. The molecule has 0 saturated carbocycles. The van der Waals surface area contributed by atoms with Crippen LogP contribution >= 0.6 is 0 Å². The molecule has 3 rings (SSSR count). The van der Waals surface area contributed by atoms with Gasteiger partial charge in [0.1, 0.15) is 11.8 Å². The first kappa shape index (κ1) is 11.5. The molecule has 5 nitrogen and oxygen atoms in total. The third-order valence-corrected chi connectivity index (χ3v) is 2.81. The monoisotopic (exact) mass is 262 g/mol. The number of halogens is 2. The zero-order valence-electron chi connectivity index (χ0n) is 9.82. The van der Waals surface area contributed by atoms with Crippen molar-refractivity contribution in [1.29, 1.82) is 0 Å². The molecule has 0 spiro atoms. The van der Waals surface area contributed by atoms with Crippen LogP contribution < -0.4 is 5.56 Å². The van der Waals surface area contributed by atoms with Crippen LogP contribution in [0.15, 0.2) is 29.5 Å². The lowest BCUT2D eigenvalue weighted by Gasteiger charge is -2.06. The van der Waals surface area contributed by atoms with Crippen molar-refractivity contribution >= 4 is 5.52 Å². The molecule has 0 saturated heterocycles. The number of hydrogen-bond donors (Lipinski definition) is 1. The topological polar surface area (TPSA) is 63.1 Å². The summed E-state index contributed by atoms with van der Waals surface area (Å²) in [6, 6.07) is 2.06. The number of benzene rings is 1. The van der Waals surface area contributed by atoms with Crippen molar-refractivity contribution in [3.8, 4) is 11.4 Å². The Bertz CT molecular complexity index is 837. The zero-order valence-corrected chi connectivity index (χ0v) is 9.82. The molecular weight excluding hydrogens is 254 g/mol. The molecule has 19 heavy (non-hydrogen) atoms. The zero-order chi connectivity index (χ0) is 13.6. The van der Waals surface area contributed by atoms with E-state index in [0.29, 0.717) is 11.1 Å². The van der Waals surface area contributed by atoms with E-state index in [1.165, 1.54) is 17.0 Å². The normalized spacial score (nSPS) is 11.1. The number of hydrogen-bond acceptors (Lipinski definition) is 3. The first-order chi connectivity index (χ1) is 9.06. The minimum atomic E-state index is -0.992. The molecular formula is C12H8F2N4O. The van der Waals surface area contributed by atoms with Gasteiger partial charge in [0.2, 0.25) is 0 Å². The van der Waals surface area contributed by atoms with Crippen LogP contribution in [0.4, 0.5) is 8.78 Å². The molecule has 1 aromatic carbocycles. The molecule has 2 aromatic heterocycles. The van der Waals surface area contributed by atoms with Gasteiger partial charge in [0.25, 0.3) is 5.56 Å². The lowest BCUT2D eigenvalue weighted by molar-refractivity contribution is 0.508. The van der Waals surface area contributed by atoms with Gasteiger partial charge in [-0.05, 0) is 24.6 Å². The van der Waals surface area contributed by atoms with E-state index >= 15 is 0 Å². The summed E-state index contributed by atoms with van der Waals surface area (Å²) in [5.41, 5.74) is 0.684. The van der Waals surface area contributed by atoms with Gasteiger partial charge in [0.15, 0.2) is 17.5 Å². The summed E-state index contributed by atoms with van der Waals surface area (Å²) in [5.74, 6) is -1.77. The molecule has 0 bridgehead atoms. The van der Waals surface area contributed by atoms with Crippen molar-refractivity contribution in [1.82, 2.24) is 19.6 Å². The lowest BCUT2D eigenvalue weighted by Crippen LogP contribution is -2.13. The average Bonchev–Trinajstić information content (AvgIpc) is 2.82. The lowest BCUT2D eigenvalue weighted by atomic mass is 10.1. The Hall–Kier alpha value is -2.57. The van der Waals surface area contributed by atoms with Gasteiger partial charge < -0.3 is 4.98 Å². The Balaban J connectivity index is 2.30. The maximum atomic E-state index is 13.3. The number of H-pyrrole nitrogens is 1. The fourth-order valence-corrected chi connectivity index (χ4v) is 1.86. The maximum absolute atomic E-state index is 13.3. The van der Waals surface area contributed by atoms with E-state index in [1.54, 1.807) is 6.92 Å². The molecule has 0 unspecified atom stereocenters. The smallest absolute Gasteiger partial charge is 0.277 e. The highest BCUT2D eigenvalue weighted by molar-refractivity contribution is 5.60. The largest absolute Gasteiger partial charge is 0.303 e. The highest BCUT2D eigenvalue weighted by Crippen LogP contribution is 2.22. The van der Waals surface area contributed by atoms with Crippen LogP contribution in [0.2, 0.25) is 0 Å². The van der Waals surface area contributed by atoms with Crippen LogP contribution in [-0.4, -0.2) is 19.6 Å². The van der Waals surface area contributed by atoms with Crippen LogP contribution in [0.25, 0.3) is 16.9 Å². The highest BCUT2D eigenvalue weighted by atomic mass is 19.2. The quantitative estimate of drug-likeness (QED) is 0.725. The Kier molecular flexibility index (Phi) is 2.41. The Labute approximate surface area is 105 Å². The Morgan fingerprint density at radius 1 is 1.26 bits per heavy atom. The molecule has 0 atom stereocenters. The summed E-state index contributed by atoms with van der Waals surface area (Å²) < 4.78 is 27.6. The molecule has 7 heteroatoms. The first-order valence-electron chi connectivity index (χ1n) is 5.45. The van der Waals surface area contributed by atoms with Crippen LogP contribution in [-0.2, 0) is 0 Å². The summed E-state index contributed by atoms with van der Waals surface area (Å²) >= 11 is 0. The van der Waals surface area contributed by atoms with E-state index in [-0.39, 0.29) is 11.3 Å². The van der Waals surface area contributed by atoms with Gasteiger partial charge in [-0.2, -0.15) is 0 Å². The number of aromatic amines is 1. The molecule has 1 N–H and O–H groups in total.